The molecule has 0 spiro atoms. The molecule has 1 fully saturated rings. The SMILES string of the molecule is CC1CN(C)CCN1c1ccncc1CN. The van der Waals surface area contributed by atoms with Gasteiger partial charge in [-0.25, -0.2) is 0 Å². The highest BCUT2D eigenvalue weighted by Crippen LogP contribution is 2.23. The van der Waals surface area contributed by atoms with Crippen molar-refractivity contribution in [2.75, 3.05) is 31.6 Å². The maximum atomic E-state index is 5.75. The van der Waals surface area contributed by atoms with Gasteiger partial charge in [0.05, 0.1) is 0 Å². The number of piperazine rings is 1. The third-order valence-electron chi connectivity index (χ3n) is 3.24. The minimum absolute atomic E-state index is 0.534. The normalized spacial score (nSPS) is 22.4. The number of aromatic nitrogens is 1. The van der Waals surface area contributed by atoms with Gasteiger partial charge in [-0.05, 0) is 20.0 Å². The monoisotopic (exact) mass is 220 g/mol. The maximum Gasteiger partial charge on any atom is 0.0446 e. The average molecular weight is 220 g/mol. The molecule has 16 heavy (non-hydrogen) atoms. The third kappa shape index (κ3) is 2.18. The van der Waals surface area contributed by atoms with Crippen LogP contribution < -0.4 is 10.6 Å². The minimum atomic E-state index is 0.534. The lowest BCUT2D eigenvalue weighted by atomic mass is 10.1. The highest BCUT2D eigenvalue weighted by molar-refractivity contribution is 5.53. The van der Waals surface area contributed by atoms with Crippen LogP contribution in [-0.4, -0.2) is 42.6 Å². The Balaban J connectivity index is 2.23. The van der Waals surface area contributed by atoms with Crippen LogP contribution in [0, 0.1) is 0 Å². The molecule has 2 heterocycles. The van der Waals surface area contributed by atoms with Gasteiger partial charge in [0.1, 0.15) is 0 Å². The number of rotatable bonds is 2. The van der Waals surface area contributed by atoms with E-state index in [4.69, 9.17) is 5.73 Å². The first-order chi connectivity index (χ1) is 7.72. The molecule has 1 aliphatic rings. The van der Waals surface area contributed by atoms with Crippen LogP contribution in [0.25, 0.3) is 0 Å². The van der Waals surface area contributed by atoms with Crippen molar-refractivity contribution >= 4 is 5.69 Å². The van der Waals surface area contributed by atoms with E-state index in [0.29, 0.717) is 12.6 Å². The quantitative estimate of drug-likeness (QED) is 0.796. The summed E-state index contributed by atoms with van der Waals surface area (Å²) in [5.74, 6) is 0. The molecule has 0 saturated carbocycles. The van der Waals surface area contributed by atoms with Crippen LogP contribution in [0.4, 0.5) is 5.69 Å². The molecule has 1 aromatic rings. The number of likely N-dealkylation sites (N-methyl/N-ethyl adjacent to an activating group) is 1. The van der Waals surface area contributed by atoms with Crippen LogP contribution in [0.2, 0.25) is 0 Å². The lowest BCUT2D eigenvalue weighted by molar-refractivity contribution is 0.275. The molecule has 1 unspecified atom stereocenters. The Kier molecular flexibility index (Phi) is 3.41. The van der Waals surface area contributed by atoms with Crippen molar-refractivity contribution < 1.29 is 0 Å². The molecule has 4 nitrogen and oxygen atoms in total. The van der Waals surface area contributed by atoms with Crippen LogP contribution in [-0.2, 0) is 6.54 Å². The summed E-state index contributed by atoms with van der Waals surface area (Å²) in [4.78, 5) is 8.93. The standard InChI is InChI=1S/C12H20N4/c1-10-9-15(2)5-6-16(10)12-3-4-14-8-11(12)7-13/h3-4,8,10H,5-7,9,13H2,1-2H3. The molecule has 0 amide bonds. The Morgan fingerprint density at radius 3 is 3.00 bits per heavy atom. The second-order valence-electron chi connectivity index (χ2n) is 4.51. The van der Waals surface area contributed by atoms with E-state index in [9.17, 15) is 0 Å². The van der Waals surface area contributed by atoms with Crippen molar-refractivity contribution in [3.05, 3.63) is 24.0 Å². The van der Waals surface area contributed by atoms with Crippen LogP contribution in [0.5, 0.6) is 0 Å². The molecule has 2 rings (SSSR count). The van der Waals surface area contributed by atoms with Gasteiger partial charge in [0, 0.05) is 55.9 Å². The minimum Gasteiger partial charge on any atom is -0.366 e. The van der Waals surface area contributed by atoms with Gasteiger partial charge in [0.2, 0.25) is 0 Å². The van der Waals surface area contributed by atoms with Crippen molar-refractivity contribution in [1.29, 1.82) is 0 Å². The second-order valence-corrected chi connectivity index (χ2v) is 4.51. The van der Waals surface area contributed by atoms with E-state index >= 15 is 0 Å². The lowest BCUT2D eigenvalue weighted by Crippen LogP contribution is -2.50. The van der Waals surface area contributed by atoms with E-state index in [1.54, 1.807) is 0 Å². The first kappa shape index (κ1) is 11.4. The Morgan fingerprint density at radius 1 is 1.50 bits per heavy atom. The van der Waals surface area contributed by atoms with Gasteiger partial charge in [-0.3, -0.25) is 4.98 Å². The molecule has 4 heteroatoms. The van der Waals surface area contributed by atoms with Gasteiger partial charge >= 0.3 is 0 Å². The van der Waals surface area contributed by atoms with Gasteiger partial charge in [-0.15, -0.1) is 0 Å². The largest absolute Gasteiger partial charge is 0.366 e. The summed E-state index contributed by atoms with van der Waals surface area (Å²) in [6.07, 6.45) is 3.72. The zero-order valence-corrected chi connectivity index (χ0v) is 10.1. The fourth-order valence-corrected chi connectivity index (χ4v) is 2.35. The Labute approximate surface area is 97.1 Å². The Bertz CT molecular complexity index is 353. The second kappa shape index (κ2) is 4.80. The van der Waals surface area contributed by atoms with E-state index in [-0.39, 0.29) is 0 Å². The van der Waals surface area contributed by atoms with Gasteiger partial charge in [-0.2, -0.15) is 0 Å². The summed E-state index contributed by atoms with van der Waals surface area (Å²) in [6.45, 7) is 6.09. The molecule has 1 aliphatic heterocycles. The fourth-order valence-electron chi connectivity index (χ4n) is 2.35. The molecule has 88 valence electrons. The third-order valence-corrected chi connectivity index (χ3v) is 3.24. The highest BCUT2D eigenvalue weighted by Gasteiger charge is 2.22. The van der Waals surface area contributed by atoms with Crippen LogP contribution in [0.3, 0.4) is 0 Å². The zero-order chi connectivity index (χ0) is 11.5. The summed E-state index contributed by atoms with van der Waals surface area (Å²) in [5, 5.41) is 0. The van der Waals surface area contributed by atoms with Crippen molar-refractivity contribution in [2.45, 2.75) is 19.5 Å². The summed E-state index contributed by atoms with van der Waals surface area (Å²) >= 11 is 0. The Morgan fingerprint density at radius 2 is 2.31 bits per heavy atom. The molecular weight excluding hydrogens is 200 g/mol. The van der Waals surface area contributed by atoms with E-state index in [1.165, 1.54) is 5.69 Å². The van der Waals surface area contributed by atoms with E-state index < -0.39 is 0 Å². The van der Waals surface area contributed by atoms with Gasteiger partial charge in [0.15, 0.2) is 0 Å². The molecule has 1 atom stereocenters. The number of hydrogen-bond donors (Lipinski definition) is 1. The number of pyridine rings is 1. The number of nitrogens with two attached hydrogens (primary N) is 1. The molecule has 1 saturated heterocycles. The molecule has 0 radical (unpaired) electrons. The zero-order valence-electron chi connectivity index (χ0n) is 10.1. The first-order valence-corrected chi connectivity index (χ1v) is 5.80. The van der Waals surface area contributed by atoms with Gasteiger partial charge in [-0.1, -0.05) is 0 Å². The Hall–Kier alpha value is -1.13. The fraction of sp³-hybridized carbons (Fsp3) is 0.583. The lowest BCUT2D eigenvalue weighted by Gasteiger charge is -2.40. The smallest absolute Gasteiger partial charge is 0.0446 e. The van der Waals surface area contributed by atoms with Gasteiger partial charge < -0.3 is 15.5 Å². The molecule has 2 N–H and O–H groups in total. The van der Waals surface area contributed by atoms with Crippen LogP contribution >= 0.6 is 0 Å². The first-order valence-electron chi connectivity index (χ1n) is 5.80. The van der Waals surface area contributed by atoms with E-state index in [0.717, 1.165) is 25.2 Å². The number of hydrogen-bond acceptors (Lipinski definition) is 4. The van der Waals surface area contributed by atoms with Crippen molar-refractivity contribution in [3.8, 4) is 0 Å². The van der Waals surface area contributed by atoms with Crippen molar-refractivity contribution in [2.24, 2.45) is 5.73 Å². The van der Waals surface area contributed by atoms with Crippen molar-refractivity contribution in [1.82, 2.24) is 9.88 Å². The highest BCUT2D eigenvalue weighted by atomic mass is 15.3. The number of anilines is 1. The summed E-state index contributed by atoms with van der Waals surface area (Å²) in [5.41, 5.74) is 8.14. The molecular formula is C12H20N4. The molecule has 0 aliphatic carbocycles. The van der Waals surface area contributed by atoms with E-state index in [1.807, 2.05) is 12.4 Å². The predicted octanol–water partition coefficient (Wildman–Crippen LogP) is 0.681. The summed E-state index contributed by atoms with van der Waals surface area (Å²) in [7, 11) is 2.17. The summed E-state index contributed by atoms with van der Waals surface area (Å²) < 4.78 is 0. The van der Waals surface area contributed by atoms with Gasteiger partial charge in [0.25, 0.3) is 0 Å². The topological polar surface area (TPSA) is 45.4 Å². The predicted molar refractivity (Wildman–Crippen MR) is 66.4 cm³/mol. The maximum absolute atomic E-state index is 5.75. The van der Waals surface area contributed by atoms with E-state index in [2.05, 4.69) is 34.8 Å². The molecule has 0 aromatic carbocycles. The number of nitrogens with zero attached hydrogens (tertiary/aromatic N) is 3. The molecule has 0 bridgehead atoms. The van der Waals surface area contributed by atoms with Crippen LogP contribution in [0.1, 0.15) is 12.5 Å². The van der Waals surface area contributed by atoms with Crippen LogP contribution in [0.15, 0.2) is 18.5 Å². The summed E-state index contributed by atoms with van der Waals surface area (Å²) in [6, 6.07) is 2.61. The average Bonchev–Trinajstić information content (AvgIpc) is 2.29. The van der Waals surface area contributed by atoms with Crippen molar-refractivity contribution in [3.63, 3.8) is 0 Å². The molecule has 1 aromatic heterocycles.